The number of pyridine rings is 1. The molecule has 108 valence electrons. The third kappa shape index (κ3) is 1.31. The smallest absolute Gasteiger partial charge is 0.192 e. The summed E-state index contributed by atoms with van der Waals surface area (Å²) < 4.78 is 2.59. The summed E-state index contributed by atoms with van der Waals surface area (Å²) >= 11 is 0. The molecule has 1 heteroatoms. The largest absolute Gasteiger partial charge is 0.217 e. The summed E-state index contributed by atoms with van der Waals surface area (Å²) in [6.07, 6.45) is 5.73. The van der Waals surface area contributed by atoms with E-state index in [0.29, 0.717) is 0 Å². The lowest BCUT2D eigenvalue weighted by Crippen LogP contribution is -2.67. The Kier molecular flexibility index (Phi) is 2.47. The van der Waals surface area contributed by atoms with Gasteiger partial charge in [-0.15, -0.1) is 0 Å². The molecule has 1 aliphatic heterocycles. The lowest BCUT2D eigenvalue weighted by molar-refractivity contribution is -0.765. The molecule has 1 nitrogen and oxygen atoms in total. The third-order valence-corrected chi connectivity index (χ3v) is 6.56. The van der Waals surface area contributed by atoms with Crippen molar-refractivity contribution >= 4 is 0 Å². The van der Waals surface area contributed by atoms with E-state index in [-0.39, 0.29) is 11.0 Å². The third-order valence-electron chi connectivity index (χ3n) is 6.56. The van der Waals surface area contributed by atoms with Gasteiger partial charge in [0.15, 0.2) is 11.7 Å². The van der Waals surface area contributed by atoms with Crippen molar-refractivity contribution in [2.24, 2.45) is 0 Å². The molecule has 4 rings (SSSR count). The van der Waals surface area contributed by atoms with Crippen LogP contribution in [0.15, 0.2) is 36.5 Å². The van der Waals surface area contributed by atoms with Crippen LogP contribution in [0.5, 0.6) is 0 Å². The molecule has 2 aliphatic rings. The van der Waals surface area contributed by atoms with Gasteiger partial charge in [-0.2, -0.15) is 4.57 Å². The quantitative estimate of drug-likeness (QED) is 0.614. The first-order valence-electron chi connectivity index (χ1n) is 8.23. The van der Waals surface area contributed by atoms with Gasteiger partial charge in [0, 0.05) is 31.4 Å². The van der Waals surface area contributed by atoms with Crippen molar-refractivity contribution in [1.29, 1.82) is 0 Å². The first kappa shape index (κ1) is 13.1. The summed E-state index contributed by atoms with van der Waals surface area (Å²) in [4.78, 5) is 0. The van der Waals surface area contributed by atoms with Crippen LogP contribution < -0.4 is 4.57 Å². The van der Waals surface area contributed by atoms with Crippen molar-refractivity contribution in [3.05, 3.63) is 53.2 Å². The number of rotatable bonds is 2. The normalized spacial score (nSPS) is 28.6. The molecule has 2 unspecified atom stereocenters. The van der Waals surface area contributed by atoms with E-state index in [4.69, 9.17) is 0 Å². The average Bonchev–Trinajstić information content (AvgIpc) is 2.90. The molecule has 1 aliphatic carbocycles. The van der Waals surface area contributed by atoms with Crippen LogP contribution >= 0.6 is 0 Å². The van der Waals surface area contributed by atoms with Gasteiger partial charge in [-0.25, -0.2) is 0 Å². The molecule has 0 radical (unpaired) electrons. The summed E-state index contributed by atoms with van der Waals surface area (Å²) in [6.45, 7) is 9.60. The molecule has 1 aromatic carbocycles. The maximum Gasteiger partial charge on any atom is 0.217 e. The van der Waals surface area contributed by atoms with E-state index in [1.165, 1.54) is 28.8 Å². The van der Waals surface area contributed by atoms with Gasteiger partial charge in [-0.1, -0.05) is 32.0 Å². The summed E-state index contributed by atoms with van der Waals surface area (Å²) in [5.41, 5.74) is 7.92. The molecule has 0 fully saturated rings. The molecule has 0 N–H and O–H groups in total. The highest BCUT2D eigenvalue weighted by Gasteiger charge is 2.57. The van der Waals surface area contributed by atoms with Gasteiger partial charge >= 0.3 is 0 Å². The van der Waals surface area contributed by atoms with Crippen molar-refractivity contribution in [1.82, 2.24) is 0 Å². The van der Waals surface area contributed by atoms with Crippen molar-refractivity contribution in [2.45, 2.75) is 57.9 Å². The van der Waals surface area contributed by atoms with Crippen LogP contribution in [0.25, 0.3) is 11.3 Å². The SMILES string of the molecule is CCC1(C)c2cccc3c2-c2c(ccc[n+]2C1(C)CC)C3. The zero-order valence-electron chi connectivity index (χ0n) is 13.5. The van der Waals surface area contributed by atoms with E-state index in [2.05, 4.69) is 68.8 Å². The number of aromatic nitrogens is 1. The highest BCUT2D eigenvalue weighted by molar-refractivity contribution is 5.76. The molecule has 1 aromatic heterocycles. The second kappa shape index (κ2) is 3.97. The minimum Gasteiger partial charge on any atom is -0.192 e. The predicted molar refractivity (Wildman–Crippen MR) is 86.5 cm³/mol. The van der Waals surface area contributed by atoms with Gasteiger partial charge in [0.25, 0.3) is 0 Å². The second-order valence-electron chi connectivity index (χ2n) is 7.08. The van der Waals surface area contributed by atoms with Crippen LogP contribution in [0.2, 0.25) is 0 Å². The van der Waals surface area contributed by atoms with Crippen LogP contribution in [0, 0.1) is 0 Å². The molecule has 0 saturated heterocycles. The average molecular weight is 278 g/mol. The Morgan fingerprint density at radius 3 is 2.48 bits per heavy atom. The van der Waals surface area contributed by atoms with Crippen molar-refractivity contribution in [2.75, 3.05) is 0 Å². The number of hydrogen-bond donors (Lipinski definition) is 0. The van der Waals surface area contributed by atoms with E-state index in [1.807, 2.05) is 0 Å². The first-order valence-corrected chi connectivity index (χ1v) is 8.23. The topological polar surface area (TPSA) is 3.88 Å². The van der Waals surface area contributed by atoms with Crippen LogP contribution in [0.4, 0.5) is 0 Å². The Bertz CT molecular complexity index is 682. The van der Waals surface area contributed by atoms with E-state index in [1.54, 1.807) is 5.56 Å². The molecule has 2 aromatic rings. The number of hydrogen-bond acceptors (Lipinski definition) is 0. The van der Waals surface area contributed by atoms with Crippen molar-refractivity contribution in [3.8, 4) is 11.3 Å². The number of nitrogens with zero attached hydrogens (tertiary/aromatic N) is 1. The van der Waals surface area contributed by atoms with Crippen LogP contribution in [0.3, 0.4) is 0 Å². The van der Waals surface area contributed by atoms with Crippen LogP contribution in [-0.2, 0) is 17.4 Å². The van der Waals surface area contributed by atoms with Gasteiger partial charge in [0.05, 0.1) is 11.0 Å². The van der Waals surface area contributed by atoms with Gasteiger partial charge in [0.2, 0.25) is 5.69 Å². The predicted octanol–water partition coefficient (Wildman–Crippen LogP) is 4.35. The fourth-order valence-electron chi connectivity index (χ4n) is 4.77. The number of benzene rings is 1. The van der Waals surface area contributed by atoms with Crippen LogP contribution in [-0.4, -0.2) is 0 Å². The molecule has 0 saturated carbocycles. The molecule has 0 bridgehead atoms. The zero-order chi connectivity index (χ0) is 14.8. The van der Waals surface area contributed by atoms with Gasteiger partial charge in [-0.05, 0) is 30.5 Å². The molecule has 2 atom stereocenters. The van der Waals surface area contributed by atoms with Gasteiger partial charge < -0.3 is 0 Å². The molecule has 0 spiro atoms. The zero-order valence-corrected chi connectivity index (χ0v) is 13.5. The standard InChI is InChI=1S/C20H24N/c1-5-19(3)16-11-7-9-14-13-15-10-8-12-21(18(15)17(14)16)20(19,4)6-2/h7-12H,5-6,13H2,1-4H3/q+1. The minimum absolute atomic E-state index is 0.142. The summed E-state index contributed by atoms with van der Waals surface area (Å²) in [7, 11) is 0. The highest BCUT2D eigenvalue weighted by atomic mass is 15.1. The van der Waals surface area contributed by atoms with E-state index in [9.17, 15) is 0 Å². The Morgan fingerprint density at radius 1 is 1.00 bits per heavy atom. The van der Waals surface area contributed by atoms with Gasteiger partial charge in [0.1, 0.15) is 0 Å². The van der Waals surface area contributed by atoms with E-state index < -0.39 is 0 Å². The lowest BCUT2D eigenvalue weighted by Gasteiger charge is -2.45. The maximum atomic E-state index is 2.59. The first-order chi connectivity index (χ1) is 10.1. The maximum absolute atomic E-state index is 2.59. The molecule has 2 heterocycles. The highest BCUT2D eigenvalue weighted by Crippen LogP contribution is 2.53. The van der Waals surface area contributed by atoms with E-state index >= 15 is 0 Å². The lowest BCUT2D eigenvalue weighted by atomic mass is 9.61. The summed E-state index contributed by atoms with van der Waals surface area (Å²) in [6, 6.07) is 11.5. The summed E-state index contributed by atoms with van der Waals surface area (Å²) in [5, 5.41) is 0. The fraction of sp³-hybridized carbons (Fsp3) is 0.450. The van der Waals surface area contributed by atoms with Crippen molar-refractivity contribution < 1.29 is 4.57 Å². The van der Waals surface area contributed by atoms with Crippen LogP contribution in [0.1, 0.15) is 57.2 Å². The second-order valence-corrected chi connectivity index (χ2v) is 7.08. The molecular formula is C20H24N+. The fourth-order valence-corrected chi connectivity index (χ4v) is 4.77. The molecule has 0 amide bonds. The molecule has 21 heavy (non-hydrogen) atoms. The van der Waals surface area contributed by atoms with Gasteiger partial charge in [-0.3, -0.25) is 0 Å². The summed E-state index contributed by atoms with van der Waals surface area (Å²) in [5.74, 6) is 0. The Labute approximate surface area is 127 Å². The Balaban J connectivity index is 2.19. The van der Waals surface area contributed by atoms with E-state index in [0.717, 1.165) is 12.8 Å². The Morgan fingerprint density at radius 2 is 1.76 bits per heavy atom. The molecular weight excluding hydrogens is 254 g/mol. The monoisotopic (exact) mass is 278 g/mol. The van der Waals surface area contributed by atoms with Crippen molar-refractivity contribution in [3.63, 3.8) is 0 Å². The Hall–Kier alpha value is -1.63. The minimum atomic E-state index is 0.142.